The summed E-state index contributed by atoms with van der Waals surface area (Å²) in [5.74, 6) is -0.0708. The van der Waals surface area contributed by atoms with Gasteiger partial charge >= 0.3 is 0 Å². The third-order valence-electron chi connectivity index (χ3n) is 1.61. The monoisotopic (exact) mass is 179 g/mol. The summed E-state index contributed by atoms with van der Waals surface area (Å²) in [5.41, 5.74) is 6.12. The first kappa shape index (κ1) is 9.64. The van der Waals surface area contributed by atoms with Crippen LogP contribution >= 0.6 is 0 Å². The van der Waals surface area contributed by atoms with Crippen molar-refractivity contribution in [3.63, 3.8) is 0 Å². The number of nitrogens with zero attached hydrogens (tertiary/aromatic N) is 2. The molecule has 4 nitrogen and oxygen atoms in total. The Kier molecular flexibility index (Phi) is 2.95. The number of carbonyl (C=O) groups excluding carboxylic acids is 1. The van der Waals surface area contributed by atoms with E-state index in [1.54, 1.807) is 6.20 Å². The molecule has 1 aromatic rings. The molecule has 1 aromatic heterocycles. The molecule has 1 rings (SSSR count). The Labute approximate surface area is 77.2 Å². The normalized spacial score (nSPS) is 10.4. The number of amides is 1. The van der Waals surface area contributed by atoms with E-state index >= 15 is 0 Å². The van der Waals surface area contributed by atoms with Gasteiger partial charge in [-0.15, -0.1) is 0 Å². The lowest BCUT2D eigenvalue weighted by molar-refractivity contribution is 0.0994. The van der Waals surface area contributed by atoms with Crippen LogP contribution in [0.25, 0.3) is 0 Å². The van der Waals surface area contributed by atoms with Gasteiger partial charge < -0.3 is 5.73 Å². The molecule has 0 aliphatic heterocycles. The molecule has 4 heteroatoms. The highest BCUT2D eigenvalue weighted by molar-refractivity contribution is 5.91. The maximum absolute atomic E-state index is 10.9. The Balaban J connectivity index is 2.98. The fraction of sp³-hybridized carbons (Fsp3) is 0.444. The first-order valence-electron chi connectivity index (χ1n) is 4.21. The van der Waals surface area contributed by atoms with E-state index in [2.05, 4.69) is 23.8 Å². The number of hydrogen-bond donors (Lipinski definition) is 1. The van der Waals surface area contributed by atoms with E-state index in [1.807, 2.05) is 0 Å². The van der Waals surface area contributed by atoms with Crippen molar-refractivity contribution in [1.29, 1.82) is 0 Å². The van der Waals surface area contributed by atoms with Crippen LogP contribution in [0, 0.1) is 5.92 Å². The fourth-order valence-corrected chi connectivity index (χ4v) is 1.11. The number of aromatic nitrogens is 2. The van der Waals surface area contributed by atoms with E-state index in [4.69, 9.17) is 5.73 Å². The van der Waals surface area contributed by atoms with Crippen molar-refractivity contribution < 1.29 is 4.79 Å². The van der Waals surface area contributed by atoms with Gasteiger partial charge in [-0.3, -0.25) is 9.78 Å². The zero-order chi connectivity index (χ0) is 9.84. The molecule has 0 radical (unpaired) electrons. The molecule has 13 heavy (non-hydrogen) atoms. The Morgan fingerprint density at radius 3 is 2.62 bits per heavy atom. The summed E-state index contributed by atoms with van der Waals surface area (Å²) in [6, 6.07) is 0. The predicted molar refractivity (Wildman–Crippen MR) is 49.1 cm³/mol. The quantitative estimate of drug-likeness (QED) is 0.745. The Morgan fingerprint density at radius 1 is 1.46 bits per heavy atom. The average molecular weight is 179 g/mol. The average Bonchev–Trinajstić information content (AvgIpc) is 2.03. The van der Waals surface area contributed by atoms with Gasteiger partial charge in [0, 0.05) is 12.4 Å². The lowest BCUT2D eigenvalue weighted by Gasteiger charge is -2.05. The Bertz CT molecular complexity index is 309. The highest BCUT2D eigenvalue weighted by Gasteiger charge is 2.11. The summed E-state index contributed by atoms with van der Waals surface area (Å²) >= 11 is 0. The minimum absolute atomic E-state index is 0.288. The van der Waals surface area contributed by atoms with Crippen LogP contribution in [0.1, 0.15) is 30.0 Å². The zero-order valence-electron chi connectivity index (χ0n) is 7.82. The second kappa shape index (κ2) is 3.98. The van der Waals surface area contributed by atoms with Crippen molar-refractivity contribution in [2.45, 2.75) is 20.3 Å². The molecule has 0 saturated heterocycles. The van der Waals surface area contributed by atoms with Gasteiger partial charge in [0.25, 0.3) is 5.91 Å². The van der Waals surface area contributed by atoms with Crippen LogP contribution in [0.3, 0.4) is 0 Å². The molecule has 0 spiro atoms. The highest BCUT2D eigenvalue weighted by Crippen LogP contribution is 2.07. The number of hydrogen-bond acceptors (Lipinski definition) is 3. The van der Waals surface area contributed by atoms with Gasteiger partial charge in [-0.2, -0.15) is 0 Å². The van der Waals surface area contributed by atoms with E-state index in [-0.39, 0.29) is 5.69 Å². The van der Waals surface area contributed by atoms with Crippen molar-refractivity contribution in [1.82, 2.24) is 9.97 Å². The summed E-state index contributed by atoms with van der Waals surface area (Å²) in [5, 5.41) is 0. The van der Waals surface area contributed by atoms with Crippen LogP contribution in [0.2, 0.25) is 0 Å². The van der Waals surface area contributed by atoms with Crippen LogP contribution in [-0.4, -0.2) is 15.9 Å². The van der Waals surface area contributed by atoms with Crippen molar-refractivity contribution >= 4 is 5.91 Å². The number of nitrogens with two attached hydrogens (primary N) is 1. The van der Waals surface area contributed by atoms with Gasteiger partial charge in [0.15, 0.2) is 0 Å². The minimum atomic E-state index is -0.510. The fourth-order valence-electron chi connectivity index (χ4n) is 1.11. The van der Waals surface area contributed by atoms with Gasteiger partial charge in [0.05, 0.1) is 5.69 Å². The SMILES string of the molecule is CC(C)Cc1nccnc1C(N)=O. The second-order valence-electron chi connectivity index (χ2n) is 3.31. The van der Waals surface area contributed by atoms with Crippen molar-refractivity contribution in [3.05, 3.63) is 23.8 Å². The van der Waals surface area contributed by atoms with Crippen LogP contribution in [0.5, 0.6) is 0 Å². The van der Waals surface area contributed by atoms with Crippen LogP contribution in [0.4, 0.5) is 0 Å². The molecule has 0 saturated carbocycles. The molecule has 0 aromatic carbocycles. The molecular weight excluding hydrogens is 166 g/mol. The molecule has 1 heterocycles. The van der Waals surface area contributed by atoms with E-state index in [0.717, 1.165) is 6.42 Å². The van der Waals surface area contributed by atoms with Crippen molar-refractivity contribution in [3.8, 4) is 0 Å². The van der Waals surface area contributed by atoms with E-state index in [9.17, 15) is 4.79 Å². The van der Waals surface area contributed by atoms with Crippen LogP contribution in [-0.2, 0) is 6.42 Å². The molecule has 2 N–H and O–H groups in total. The Hall–Kier alpha value is -1.45. The highest BCUT2D eigenvalue weighted by atomic mass is 16.1. The van der Waals surface area contributed by atoms with Crippen LogP contribution in [0.15, 0.2) is 12.4 Å². The number of rotatable bonds is 3. The molecule has 70 valence electrons. The maximum Gasteiger partial charge on any atom is 0.269 e. The zero-order valence-corrected chi connectivity index (χ0v) is 7.82. The molecule has 1 amide bonds. The van der Waals surface area contributed by atoms with Gasteiger partial charge in [-0.1, -0.05) is 13.8 Å². The third kappa shape index (κ3) is 2.50. The Morgan fingerprint density at radius 2 is 2.08 bits per heavy atom. The van der Waals surface area contributed by atoms with E-state index < -0.39 is 5.91 Å². The summed E-state index contributed by atoms with van der Waals surface area (Å²) in [6.45, 7) is 4.11. The van der Waals surface area contributed by atoms with Crippen molar-refractivity contribution in [2.75, 3.05) is 0 Å². The summed E-state index contributed by atoms with van der Waals surface area (Å²) in [4.78, 5) is 18.9. The molecule has 0 aliphatic rings. The van der Waals surface area contributed by atoms with Gasteiger partial charge in [-0.05, 0) is 12.3 Å². The first-order chi connectivity index (χ1) is 6.11. The van der Waals surface area contributed by atoms with Gasteiger partial charge in [0.2, 0.25) is 0 Å². The van der Waals surface area contributed by atoms with Crippen molar-refractivity contribution in [2.24, 2.45) is 11.7 Å². The summed E-state index contributed by atoms with van der Waals surface area (Å²) in [7, 11) is 0. The lowest BCUT2D eigenvalue weighted by atomic mass is 10.1. The molecule has 0 aliphatic carbocycles. The van der Waals surface area contributed by atoms with E-state index in [0.29, 0.717) is 11.6 Å². The molecule has 0 bridgehead atoms. The van der Waals surface area contributed by atoms with E-state index in [1.165, 1.54) is 6.20 Å². The smallest absolute Gasteiger partial charge is 0.269 e. The summed E-state index contributed by atoms with van der Waals surface area (Å²) < 4.78 is 0. The number of primary amides is 1. The molecule has 0 unspecified atom stereocenters. The molecule has 0 atom stereocenters. The first-order valence-corrected chi connectivity index (χ1v) is 4.21. The predicted octanol–water partition coefficient (Wildman–Crippen LogP) is 0.774. The minimum Gasteiger partial charge on any atom is -0.364 e. The standard InChI is InChI=1S/C9H13N3O/c1-6(2)5-7-8(9(10)13)12-4-3-11-7/h3-4,6H,5H2,1-2H3,(H2,10,13). The third-order valence-corrected chi connectivity index (χ3v) is 1.61. The molecular formula is C9H13N3O. The maximum atomic E-state index is 10.9. The van der Waals surface area contributed by atoms with Crippen LogP contribution < -0.4 is 5.73 Å². The van der Waals surface area contributed by atoms with Gasteiger partial charge in [-0.25, -0.2) is 4.98 Å². The topological polar surface area (TPSA) is 68.9 Å². The van der Waals surface area contributed by atoms with Gasteiger partial charge in [0.1, 0.15) is 5.69 Å². The summed E-state index contributed by atoms with van der Waals surface area (Å²) in [6.07, 6.45) is 3.78. The molecule has 0 fully saturated rings. The lowest BCUT2D eigenvalue weighted by Crippen LogP contribution is -2.17. The number of carbonyl (C=O) groups is 1. The largest absolute Gasteiger partial charge is 0.364 e. The second-order valence-corrected chi connectivity index (χ2v) is 3.31.